The van der Waals surface area contributed by atoms with Crippen molar-refractivity contribution < 1.29 is 26.7 Å². The molecule has 0 saturated heterocycles. The lowest BCUT2D eigenvalue weighted by Gasteiger charge is -1.99. The van der Waals surface area contributed by atoms with Gasteiger partial charge in [-0.25, -0.2) is 13.2 Å². The monoisotopic (exact) mass is 240 g/mol. The lowest BCUT2D eigenvalue weighted by molar-refractivity contribution is -0.132. The third kappa shape index (κ3) is 13.1. The van der Waals surface area contributed by atoms with E-state index in [0.717, 1.165) is 0 Å². The van der Waals surface area contributed by atoms with Gasteiger partial charge in [0.2, 0.25) is 0 Å². The molecule has 0 bridgehead atoms. The maximum atomic E-state index is 10.4. The Balaban J connectivity index is 0. The van der Waals surface area contributed by atoms with Gasteiger partial charge in [0.15, 0.2) is 0 Å². The first kappa shape index (κ1) is 16.5. The van der Waals surface area contributed by atoms with Crippen LogP contribution in [0.1, 0.15) is 20.8 Å². The van der Waals surface area contributed by atoms with Crippen LogP contribution in [0.2, 0.25) is 0 Å². The van der Waals surface area contributed by atoms with Crippen molar-refractivity contribution in [3.05, 3.63) is 12.2 Å². The number of hydrogen-bond acceptors (Lipinski definition) is 5. The van der Waals surface area contributed by atoms with Crippen LogP contribution in [0.15, 0.2) is 12.2 Å². The normalized spacial score (nSPS) is 10.1. The quantitative estimate of drug-likeness (QED) is 0.719. The number of rotatable bonds is 5. The predicted molar refractivity (Wildman–Crippen MR) is 54.6 cm³/mol. The molecule has 0 atom stereocenters. The van der Waals surface area contributed by atoms with E-state index in [-0.39, 0.29) is 18.8 Å². The summed E-state index contributed by atoms with van der Waals surface area (Å²) in [5, 5.41) is 7.89. The molecule has 0 unspecified atom stereocenters. The number of carboxylic acids is 1. The van der Waals surface area contributed by atoms with E-state index in [2.05, 4.69) is 14.9 Å². The maximum Gasteiger partial charge on any atom is 0.399 e. The third-order valence-electron chi connectivity index (χ3n) is 0.889. The summed E-state index contributed by atoms with van der Waals surface area (Å²) in [4.78, 5) is 9.60. The summed E-state index contributed by atoms with van der Waals surface area (Å²) in [7, 11) is -3.68. The predicted octanol–water partition coefficient (Wildman–Crippen LogP) is 0.951. The van der Waals surface area contributed by atoms with Gasteiger partial charge in [0.1, 0.15) is 0 Å². The van der Waals surface area contributed by atoms with Gasteiger partial charge in [-0.15, -0.1) is 0 Å². The van der Waals surface area contributed by atoms with Crippen LogP contribution < -0.4 is 0 Å². The van der Waals surface area contributed by atoms with Crippen molar-refractivity contribution in [1.29, 1.82) is 0 Å². The van der Waals surface area contributed by atoms with Crippen molar-refractivity contribution in [2.45, 2.75) is 20.8 Å². The van der Waals surface area contributed by atoms with Gasteiger partial charge < -0.3 is 5.11 Å². The number of carboxylic acid groups (broad SMARTS) is 1. The second-order valence-corrected chi connectivity index (χ2v) is 3.59. The molecule has 0 radical (unpaired) electrons. The Labute approximate surface area is 89.8 Å². The van der Waals surface area contributed by atoms with E-state index in [1.807, 2.05) is 0 Å². The second kappa shape index (κ2) is 8.39. The second-order valence-electron chi connectivity index (χ2n) is 2.31. The van der Waals surface area contributed by atoms with E-state index in [1.165, 1.54) is 6.92 Å². The zero-order valence-electron chi connectivity index (χ0n) is 9.02. The molecule has 90 valence electrons. The standard InChI is InChI=1S/C4H10O4S.C4H6O2/c1-3-7-9(5,6)8-4-2;1-3(2)4(5)6/h3-4H2,1-2H3;1H2,2H3,(H,5,6). The van der Waals surface area contributed by atoms with Crippen molar-refractivity contribution in [2.24, 2.45) is 0 Å². The summed E-state index contributed by atoms with van der Waals surface area (Å²) in [6, 6.07) is 0. The summed E-state index contributed by atoms with van der Waals surface area (Å²) in [6.45, 7) is 7.99. The van der Waals surface area contributed by atoms with Crippen LogP contribution >= 0.6 is 0 Å². The van der Waals surface area contributed by atoms with Gasteiger partial charge in [-0.3, -0.25) is 0 Å². The highest BCUT2D eigenvalue weighted by Gasteiger charge is 2.06. The average Bonchev–Trinajstić information content (AvgIpc) is 2.04. The van der Waals surface area contributed by atoms with Gasteiger partial charge in [0.05, 0.1) is 13.2 Å². The molecule has 0 fully saturated rings. The van der Waals surface area contributed by atoms with Crippen LogP contribution in [0.4, 0.5) is 0 Å². The fourth-order valence-electron chi connectivity index (χ4n) is 0.323. The van der Waals surface area contributed by atoms with Gasteiger partial charge in [0, 0.05) is 5.57 Å². The highest BCUT2D eigenvalue weighted by molar-refractivity contribution is 7.81. The Morgan fingerprint density at radius 3 is 1.67 bits per heavy atom. The minimum atomic E-state index is -3.68. The molecule has 0 aromatic carbocycles. The number of carbonyl (C=O) groups is 1. The van der Waals surface area contributed by atoms with E-state index in [0.29, 0.717) is 0 Å². The maximum absolute atomic E-state index is 10.4. The molecule has 15 heavy (non-hydrogen) atoms. The molecule has 0 spiro atoms. The van der Waals surface area contributed by atoms with Crippen LogP contribution in [0.25, 0.3) is 0 Å². The van der Waals surface area contributed by atoms with Crippen LogP contribution in [-0.2, 0) is 23.6 Å². The van der Waals surface area contributed by atoms with Gasteiger partial charge in [0.25, 0.3) is 0 Å². The SMILES string of the molecule is C=C(C)C(=O)O.CCOS(=O)(=O)OCC. The molecule has 0 aromatic rings. The van der Waals surface area contributed by atoms with Crippen LogP contribution in [0, 0.1) is 0 Å². The summed E-state index contributed by atoms with van der Waals surface area (Å²) >= 11 is 0. The molecule has 0 aromatic heterocycles. The minimum absolute atomic E-state index is 0.113. The smallest absolute Gasteiger partial charge is 0.399 e. The fourth-order valence-corrected chi connectivity index (χ4v) is 0.968. The number of aliphatic carboxylic acids is 1. The van der Waals surface area contributed by atoms with Gasteiger partial charge in [-0.05, 0) is 20.8 Å². The third-order valence-corrected chi connectivity index (χ3v) is 1.94. The molecule has 0 rings (SSSR count). The molecule has 0 aliphatic heterocycles. The van der Waals surface area contributed by atoms with Crippen LogP contribution in [0.3, 0.4) is 0 Å². The Morgan fingerprint density at radius 2 is 1.53 bits per heavy atom. The van der Waals surface area contributed by atoms with Crippen molar-refractivity contribution in [2.75, 3.05) is 13.2 Å². The lowest BCUT2D eigenvalue weighted by Crippen LogP contribution is -2.09. The van der Waals surface area contributed by atoms with Crippen molar-refractivity contribution in [3.8, 4) is 0 Å². The summed E-state index contributed by atoms with van der Waals surface area (Å²) in [6.07, 6.45) is 0. The summed E-state index contributed by atoms with van der Waals surface area (Å²) < 4.78 is 29.2. The first-order valence-corrected chi connectivity index (χ1v) is 5.52. The van der Waals surface area contributed by atoms with Crippen molar-refractivity contribution >= 4 is 16.4 Å². The molecular formula is C8H16O6S. The fraction of sp³-hybridized carbons (Fsp3) is 0.625. The van der Waals surface area contributed by atoms with Gasteiger partial charge >= 0.3 is 16.4 Å². The highest BCUT2D eigenvalue weighted by Crippen LogP contribution is 1.93. The highest BCUT2D eigenvalue weighted by atomic mass is 32.3. The molecule has 0 saturated carbocycles. The largest absolute Gasteiger partial charge is 0.478 e. The lowest BCUT2D eigenvalue weighted by atomic mass is 10.4. The molecular weight excluding hydrogens is 224 g/mol. The number of hydrogen-bond donors (Lipinski definition) is 1. The van der Waals surface area contributed by atoms with Gasteiger partial charge in [-0.1, -0.05) is 6.58 Å². The minimum Gasteiger partial charge on any atom is -0.478 e. The van der Waals surface area contributed by atoms with Gasteiger partial charge in [-0.2, -0.15) is 8.42 Å². The first-order valence-electron chi connectivity index (χ1n) is 4.19. The summed E-state index contributed by atoms with van der Waals surface area (Å²) in [5.41, 5.74) is 0.176. The molecule has 0 heterocycles. The van der Waals surface area contributed by atoms with Crippen LogP contribution in [-0.4, -0.2) is 32.7 Å². The molecule has 0 aliphatic rings. The zero-order chi connectivity index (χ0) is 12.5. The molecule has 7 heteroatoms. The van der Waals surface area contributed by atoms with Crippen molar-refractivity contribution in [3.63, 3.8) is 0 Å². The van der Waals surface area contributed by atoms with E-state index < -0.39 is 16.4 Å². The van der Waals surface area contributed by atoms with Crippen LogP contribution in [0.5, 0.6) is 0 Å². The van der Waals surface area contributed by atoms with E-state index in [4.69, 9.17) is 5.11 Å². The topological polar surface area (TPSA) is 89.9 Å². The van der Waals surface area contributed by atoms with E-state index in [9.17, 15) is 13.2 Å². The van der Waals surface area contributed by atoms with E-state index >= 15 is 0 Å². The Bertz CT molecular complexity index is 268. The Morgan fingerprint density at radius 1 is 1.27 bits per heavy atom. The molecule has 6 nitrogen and oxygen atoms in total. The Kier molecular flexibility index (Phi) is 9.24. The summed E-state index contributed by atoms with van der Waals surface area (Å²) in [5.74, 6) is -0.935. The molecule has 0 amide bonds. The first-order chi connectivity index (χ1) is 6.76. The zero-order valence-corrected chi connectivity index (χ0v) is 9.83. The van der Waals surface area contributed by atoms with Crippen molar-refractivity contribution in [1.82, 2.24) is 0 Å². The Hall–Kier alpha value is -0.920. The molecule has 0 aliphatic carbocycles. The average molecular weight is 240 g/mol. The van der Waals surface area contributed by atoms with E-state index in [1.54, 1.807) is 13.8 Å². The molecule has 1 N–H and O–H groups in total.